The maximum absolute atomic E-state index is 12.6. The van der Waals surface area contributed by atoms with Crippen LogP contribution in [0.4, 0.5) is 4.39 Å². The van der Waals surface area contributed by atoms with Crippen LogP contribution < -0.4 is 0 Å². The van der Waals surface area contributed by atoms with Crippen molar-refractivity contribution in [2.75, 3.05) is 0 Å². The Hall–Kier alpha value is -0.890. The molecule has 0 spiro atoms. The van der Waals surface area contributed by atoms with Crippen molar-refractivity contribution < 1.29 is 9.50 Å². The molecule has 0 aliphatic heterocycles. The summed E-state index contributed by atoms with van der Waals surface area (Å²) in [6.45, 7) is 1.81. The van der Waals surface area contributed by atoms with Gasteiger partial charge in [-0.25, -0.2) is 4.39 Å². The second-order valence-electron chi connectivity index (χ2n) is 3.80. The molecule has 13 heavy (non-hydrogen) atoms. The van der Waals surface area contributed by atoms with E-state index < -0.39 is 0 Å². The molecule has 0 saturated heterocycles. The number of aliphatic hydroxyl groups excluding tert-OH is 1. The van der Waals surface area contributed by atoms with E-state index in [1.165, 1.54) is 12.1 Å². The zero-order chi connectivity index (χ0) is 9.42. The van der Waals surface area contributed by atoms with E-state index in [-0.39, 0.29) is 11.9 Å². The van der Waals surface area contributed by atoms with E-state index in [4.69, 9.17) is 0 Å². The number of hydrogen-bond acceptors (Lipinski definition) is 1. The number of benzene rings is 1. The van der Waals surface area contributed by atoms with Gasteiger partial charge in [0.2, 0.25) is 0 Å². The Labute approximate surface area is 77.2 Å². The topological polar surface area (TPSA) is 20.2 Å². The summed E-state index contributed by atoms with van der Waals surface area (Å²) < 4.78 is 12.6. The summed E-state index contributed by atoms with van der Waals surface area (Å²) in [7, 11) is 0. The van der Waals surface area contributed by atoms with Crippen molar-refractivity contribution in [1.82, 2.24) is 0 Å². The zero-order valence-electron chi connectivity index (χ0n) is 7.57. The van der Waals surface area contributed by atoms with Gasteiger partial charge in [-0.2, -0.15) is 0 Å². The Kier molecular flexibility index (Phi) is 2.08. The fourth-order valence-corrected chi connectivity index (χ4v) is 1.84. The van der Waals surface area contributed by atoms with E-state index >= 15 is 0 Å². The molecule has 1 saturated carbocycles. The largest absolute Gasteiger partial charge is 0.393 e. The van der Waals surface area contributed by atoms with E-state index in [0.717, 1.165) is 12.0 Å². The minimum absolute atomic E-state index is 0.196. The van der Waals surface area contributed by atoms with Gasteiger partial charge in [0.05, 0.1) is 6.10 Å². The smallest absolute Gasteiger partial charge is 0.123 e. The molecular weight excluding hydrogens is 167 g/mol. The van der Waals surface area contributed by atoms with Crippen molar-refractivity contribution in [3.05, 3.63) is 35.6 Å². The fourth-order valence-electron chi connectivity index (χ4n) is 1.84. The Morgan fingerprint density at radius 3 is 2.46 bits per heavy atom. The van der Waals surface area contributed by atoms with Gasteiger partial charge in [0.25, 0.3) is 0 Å². The minimum Gasteiger partial charge on any atom is -0.393 e. The monoisotopic (exact) mass is 180 g/mol. The summed E-state index contributed by atoms with van der Waals surface area (Å²) in [5.41, 5.74) is 1.15. The normalized spacial score (nSPS) is 28.5. The van der Waals surface area contributed by atoms with Gasteiger partial charge in [-0.1, -0.05) is 12.1 Å². The lowest BCUT2D eigenvalue weighted by atomic mass is 10.1. The summed E-state index contributed by atoms with van der Waals surface area (Å²) in [6.07, 6.45) is 0.790. The first-order valence-electron chi connectivity index (χ1n) is 4.62. The summed E-state index contributed by atoms with van der Waals surface area (Å²) >= 11 is 0. The highest BCUT2D eigenvalue weighted by molar-refractivity contribution is 5.26. The minimum atomic E-state index is -0.241. The quantitative estimate of drug-likeness (QED) is 0.740. The molecular formula is C11H13FO. The van der Waals surface area contributed by atoms with Gasteiger partial charge in [-0.15, -0.1) is 0 Å². The predicted molar refractivity (Wildman–Crippen MR) is 48.9 cm³/mol. The van der Waals surface area contributed by atoms with Crippen LogP contribution in [0, 0.1) is 11.7 Å². The second-order valence-corrected chi connectivity index (χ2v) is 3.80. The van der Waals surface area contributed by atoms with Crippen LogP contribution in [0.15, 0.2) is 24.3 Å². The third-order valence-corrected chi connectivity index (χ3v) is 2.76. The second kappa shape index (κ2) is 3.11. The molecule has 0 amide bonds. The molecule has 70 valence electrons. The lowest BCUT2D eigenvalue weighted by Crippen LogP contribution is -2.03. The van der Waals surface area contributed by atoms with Gasteiger partial charge in [0.1, 0.15) is 5.82 Å². The van der Waals surface area contributed by atoms with Crippen LogP contribution in [0.5, 0.6) is 0 Å². The molecule has 0 radical (unpaired) electrons. The molecule has 1 fully saturated rings. The lowest BCUT2D eigenvalue weighted by molar-refractivity contribution is 0.169. The maximum atomic E-state index is 12.6. The molecule has 0 unspecified atom stereocenters. The van der Waals surface area contributed by atoms with Crippen LogP contribution in [0.1, 0.15) is 24.8 Å². The van der Waals surface area contributed by atoms with Crippen LogP contribution in [0.3, 0.4) is 0 Å². The van der Waals surface area contributed by atoms with Gasteiger partial charge in [-0.05, 0) is 42.9 Å². The third-order valence-electron chi connectivity index (χ3n) is 2.76. The number of halogens is 1. The molecule has 1 aromatic rings. The predicted octanol–water partition coefficient (Wildman–Crippen LogP) is 2.31. The van der Waals surface area contributed by atoms with Crippen molar-refractivity contribution >= 4 is 0 Å². The Balaban J connectivity index is 2.08. The molecule has 0 heterocycles. The van der Waals surface area contributed by atoms with E-state index in [9.17, 15) is 9.50 Å². The first kappa shape index (κ1) is 8.70. The summed E-state index contributed by atoms with van der Waals surface area (Å²) in [6, 6.07) is 6.57. The molecule has 1 N–H and O–H groups in total. The Morgan fingerprint density at radius 1 is 1.38 bits per heavy atom. The lowest BCUT2D eigenvalue weighted by Gasteiger charge is -2.02. The van der Waals surface area contributed by atoms with Crippen LogP contribution in [0.25, 0.3) is 0 Å². The molecule has 1 nitrogen and oxygen atoms in total. The molecule has 0 aromatic heterocycles. The first-order chi connectivity index (χ1) is 6.18. The van der Waals surface area contributed by atoms with Gasteiger partial charge in [-0.3, -0.25) is 0 Å². The molecule has 0 bridgehead atoms. The molecule has 2 heteroatoms. The summed E-state index contributed by atoms with van der Waals surface area (Å²) in [5.74, 6) is 0.629. The van der Waals surface area contributed by atoms with Crippen LogP contribution >= 0.6 is 0 Å². The highest BCUT2D eigenvalue weighted by Crippen LogP contribution is 2.49. The van der Waals surface area contributed by atoms with E-state index in [2.05, 4.69) is 0 Å². The van der Waals surface area contributed by atoms with Gasteiger partial charge in [0, 0.05) is 0 Å². The number of rotatable bonds is 2. The SMILES string of the molecule is C[C@H](O)[C@H]1C[C@H]1c1ccc(F)cc1. The molecule has 3 atom stereocenters. The van der Waals surface area contributed by atoms with Crippen LogP contribution in [0.2, 0.25) is 0 Å². The Bertz CT molecular complexity index is 291. The highest BCUT2D eigenvalue weighted by atomic mass is 19.1. The molecule has 2 rings (SSSR count). The average molecular weight is 180 g/mol. The van der Waals surface area contributed by atoms with Gasteiger partial charge in [0.15, 0.2) is 0 Å². The van der Waals surface area contributed by atoms with Crippen molar-refractivity contribution in [3.8, 4) is 0 Å². The van der Waals surface area contributed by atoms with Crippen molar-refractivity contribution in [2.45, 2.75) is 25.4 Å². The molecule has 1 aliphatic rings. The number of hydrogen-bond donors (Lipinski definition) is 1. The Morgan fingerprint density at radius 2 is 2.00 bits per heavy atom. The third kappa shape index (κ3) is 1.73. The first-order valence-corrected chi connectivity index (χ1v) is 4.62. The summed E-state index contributed by atoms with van der Waals surface area (Å²) in [5, 5.41) is 9.30. The van der Waals surface area contributed by atoms with E-state index in [1.807, 2.05) is 19.1 Å². The standard InChI is InChI=1S/C11H13FO/c1-7(13)10-6-11(10)8-2-4-9(12)5-3-8/h2-5,7,10-11,13H,6H2,1H3/t7-,10+,11-/m0/s1. The van der Waals surface area contributed by atoms with E-state index in [0.29, 0.717) is 11.8 Å². The highest BCUT2D eigenvalue weighted by Gasteiger charge is 2.41. The van der Waals surface area contributed by atoms with Crippen LogP contribution in [-0.2, 0) is 0 Å². The number of aliphatic hydroxyl groups is 1. The van der Waals surface area contributed by atoms with Crippen molar-refractivity contribution in [2.24, 2.45) is 5.92 Å². The van der Waals surface area contributed by atoms with Crippen molar-refractivity contribution in [3.63, 3.8) is 0 Å². The molecule has 1 aliphatic carbocycles. The van der Waals surface area contributed by atoms with E-state index in [1.54, 1.807) is 0 Å². The zero-order valence-corrected chi connectivity index (χ0v) is 7.57. The maximum Gasteiger partial charge on any atom is 0.123 e. The van der Waals surface area contributed by atoms with Crippen LogP contribution in [-0.4, -0.2) is 11.2 Å². The van der Waals surface area contributed by atoms with Crippen molar-refractivity contribution in [1.29, 1.82) is 0 Å². The fraction of sp³-hybridized carbons (Fsp3) is 0.455. The molecule has 1 aromatic carbocycles. The van der Waals surface area contributed by atoms with Gasteiger partial charge >= 0.3 is 0 Å². The summed E-state index contributed by atoms with van der Waals surface area (Å²) in [4.78, 5) is 0. The average Bonchev–Trinajstić information content (AvgIpc) is 2.85. The van der Waals surface area contributed by atoms with Gasteiger partial charge < -0.3 is 5.11 Å².